The number of carbonyl (C=O) groups excluding carboxylic acids is 2. The van der Waals surface area contributed by atoms with Gasteiger partial charge in [-0.3, -0.25) is 14.5 Å². The highest BCUT2D eigenvalue weighted by Gasteiger charge is 2.27. The highest BCUT2D eigenvalue weighted by molar-refractivity contribution is 7.10. The summed E-state index contributed by atoms with van der Waals surface area (Å²) in [4.78, 5) is 28.3. The number of benzene rings is 2. The Balaban J connectivity index is 1.43. The molecule has 2 aromatic carbocycles. The molecular weight excluding hydrogens is 418 g/mol. The van der Waals surface area contributed by atoms with Crippen LogP contribution in [-0.2, 0) is 22.6 Å². The normalized spacial score (nSPS) is 14.6. The quantitative estimate of drug-likeness (QED) is 0.584. The Morgan fingerprint density at radius 3 is 2.53 bits per heavy atom. The molecule has 7 heteroatoms. The highest BCUT2D eigenvalue weighted by Crippen LogP contribution is 2.30. The predicted molar refractivity (Wildman–Crippen MR) is 121 cm³/mol. The van der Waals surface area contributed by atoms with Crippen LogP contribution in [0.3, 0.4) is 0 Å². The molecule has 154 valence electrons. The summed E-state index contributed by atoms with van der Waals surface area (Å²) in [7, 11) is 0. The van der Waals surface area contributed by atoms with Crippen LogP contribution in [0, 0.1) is 0 Å². The summed E-state index contributed by atoms with van der Waals surface area (Å²) in [5, 5.41) is 7.79. The van der Waals surface area contributed by atoms with Gasteiger partial charge in [0, 0.05) is 24.5 Å². The minimum absolute atomic E-state index is 0.00965. The van der Waals surface area contributed by atoms with E-state index in [-0.39, 0.29) is 6.04 Å². The van der Waals surface area contributed by atoms with E-state index in [1.54, 1.807) is 35.6 Å². The van der Waals surface area contributed by atoms with Gasteiger partial charge in [0.25, 0.3) is 0 Å². The maximum absolute atomic E-state index is 12.4. The molecule has 0 saturated heterocycles. The molecule has 0 spiro atoms. The molecule has 1 aliphatic heterocycles. The first-order valence-electron chi connectivity index (χ1n) is 9.80. The Hall–Kier alpha value is -2.67. The first-order chi connectivity index (χ1) is 14.6. The zero-order valence-electron chi connectivity index (χ0n) is 16.3. The fourth-order valence-corrected chi connectivity index (χ4v) is 4.73. The van der Waals surface area contributed by atoms with Gasteiger partial charge in [0.1, 0.15) is 0 Å². The molecule has 2 heterocycles. The molecule has 1 aliphatic rings. The summed E-state index contributed by atoms with van der Waals surface area (Å²) in [6.45, 7) is 2.08. The van der Waals surface area contributed by atoms with Crippen molar-refractivity contribution in [2.45, 2.75) is 19.0 Å². The number of hydrogen-bond acceptors (Lipinski definition) is 4. The van der Waals surface area contributed by atoms with Crippen LogP contribution < -0.4 is 10.6 Å². The maximum atomic E-state index is 12.4. The fraction of sp³-hybridized carbons (Fsp3) is 0.217. The van der Waals surface area contributed by atoms with Crippen molar-refractivity contribution in [2.24, 2.45) is 0 Å². The smallest absolute Gasteiger partial charge is 0.313 e. The number of hydrogen-bond donors (Lipinski definition) is 2. The zero-order chi connectivity index (χ0) is 20.9. The fourth-order valence-electron chi connectivity index (χ4n) is 3.69. The molecule has 0 bridgehead atoms. The SMILES string of the molecule is O=C(NC[C@H](c1cccs1)N1CCc2ccccc2C1)C(=O)Nc1ccccc1Cl. The topological polar surface area (TPSA) is 61.4 Å². The molecule has 2 N–H and O–H groups in total. The van der Waals surface area contributed by atoms with Crippen molar-refractivity contribution in [3.8, 4) is 0 Å². The summed E-state index contributed by atoms with van der Waals surface area (Å²) < 4.78 is 0. The molecule has 0 aliphatic carbocycles. The van der Waals surface area contributed by atoms with Gasteiger partial charge in [0.15, 0.2) is 0 Å². The second-order valence-corrected chi connectivity index (χ2v) is 8.55. The van der Waals surface area contributed by atoms with Crippen molar-refractivity contribution < 1.29 is 9.59 Å². The van der Waals surface area contributed by atoms with E-state index in [9.17, 15) is 9.59 Å². The lowest BCUT2D eigenvalue weighted by molar-refractivity contribution is -0.136. The molecule has 2 amide bonds. The summed E-state index contributed by atoms with van der Waals surface area (Å²) in [5.41, 5.74) is 3.11. The lowest BCUT2D eigenvalue weighted by Crippen LogP contribution is -2.43. The second-order valence-electron chi connectivity index (χ2n) is 7.16. The highest BCUT2D eigenvalue weighted by atomic mass is 35.5. The van der Waals surface area contributed by atoms with E-state index in [1.165, 1.54) is 16.0 Å². The largest absolute Gasteiger partial charge is 0.346 e. The Labute approximate surface area is 184 Å². The van der Waals surface area contributed by atoms with E-state index in [0.29, 0.717) is 17.3 Å². The third-order valence-electron chi connectivity index (χ3n) is 5.26. The molecule has 1 atom stereocenters. The predicted octanol–water partition coefficient (Wildman–Crippen LogP) is 4.26. The summed E-state index contributed by atoms with van der Waals surface area (Å²) in [6.07, 6.45) is 0.971. The van der Waals surface area contributed by atoms with Gasteiger partial charge in [-0.15, -0.1) is 11.3 Å². The van der Waals surface area contributed by atoms with E-state index in [2.05, 4.69) is 45.9 Å². The summed E-state index contributed by atoms with van der Waals surface area (Å²) >= 11 is 7.72. The van der Waals surface area contributed by atoms with Crippen LogP contribution in [0.25, 0.3) is 0 Å². The number of carbonyl (C=O) groups is 2. The number of nitrogens with one attached hydrogen (secondary N) is 2. The molecule has 5 nitrogen and oxygen atoms in total. The number of halogens is 1. The molecule has 3 aromatic rings. The van der Waals surface area contributed by atoms with Crippen LogP contribution in [0.1, 0.15) is 22.0 Å². The van der Waals surface area contributed by atoms with Crippen molar-refractivity contribution in [1.29, 1.82) is 0 Å². The lowest BCUT2D eigenvalue weighted by atomic mass is 9.98. The van der Waals surface area contributed by atoms with Gasteiger partial charge in [-0.2, -0.15) is 0 Å². The Bertz CT molecular complexity index is 1040. The number of nitrogens with zero attached hydrogens (tertiary/aromatic N) is 1. The van der Waals surface area contributed by atoms with Crippen LogP contribution in [0.15, 0.2) is 66.0 Å². The van der Waals surface area contributed by atoms with Crippen molar-refractivity contribution in [2.75, 3.05) is 18.4 Å². The first kappa shape index (κ1) is 20.6. The molecule has 0 saturated carbocycles. The van der Waals surface area contributed by atoms with Gasteiger partial charge in [-0.25, -0.2) is 0 Å². The van der Waals surface area contributed by atoms with Gasteiger partial charge in [-0.05, 0) is 41.1 Å². The zero-order valence-corrected chi connectivity index (χ0v) is 17.9. The molecule has 1 aromatic heterocycles. The lowest BCUT2D eigenvalue weighted by Gasteiger charge is -2.35. The number of rotatable bonds is 5. The van der Waals surface area contributed by atoms with Gasteiger partial charge in [0.05, 0.1) is 16.8 Å². The Morgan fingerprint density at radius 1 is 1.00 bits per heavy atom. The maximum Gasteiger partial charge on any atom is 0.313 e. The summed E-state index contributed by atoms with van der Waals surface area (Å²) in [5.74, 6) is -1.40. The van der Waals surface area contributed by atoms with Crippen LogP contribution in [0.4, 0.5) is 5.69 Å². The van der Waals surface area contributed by atoms with E-state index < -0.39 is 11.8 Å². The Kier molecular flexibility index (Phi) is 6.47. The van der Waals surface area contributed by atoms with Gasteiger partial charge < -0.3 is 10.6 Å². The average Bonchev–Trinajstić information content (AvgIpc) is 3.30. The minimum atomic E-state index is -0.725. The van der Waals surface area contributed by atoms with Gasteiger partial charge >= 0.3 is 11.8 Å². The summed E-state index contributed by atoms with van der Waals surface area (Å²) in [6, 6.07) is 19.4. The third-order valence-corrected chi connectivity index (χ3v) is 6.56. The molecule has 0 fully saturated rings. The van der Waals surface area contributed by atoms with Gasteiger partial charge in [0.2, 0.25) is 0 Å². The van der Waals surface area contributed by atoms with Crippen LogP contribution >= 0.6 is 22.9 Å². The molecular formula is C23H22ClN3O2S. The standard InChI is InChI=1S/C23H22ClN3O2S/c24-18-8-3-4-9-19(18)26-23(29)22(28)25-14-20(21-10-5-13-30-21)27-12-11-16-6-1-2-7-17(16)15-27/h1-10,13,20H,11-12,14-15H2,(H,25,28)(H,26,29)/t20-/m1/s1. The second kappa shape index (κ2) is 9.43. The number of para-hydroxylation sites is 1. The van der Waals surface area contributed by atoms with Crippen molar-refractivity contribution >= 4 is 40.4 Å². The molecule has 4 rings (SSSR count). The van der Waals surface area contributed by atoms with E-state index in [1.807, 2.05) is 11.4 Å². The molecule has 0 radical (unpaired) electrons. The third kappa shape index (κ3) is 4.73. The van der Waals surface area contributed by atoms with Crippen LogP contribution in [0.5, 0.6) is 0 Å². The van der Waals surface area contributed by atoms with Crippen LogP contribution in [0.2, 0.25) is 5.02 Å². The number of fused-ring (bicyclic) bond motifs is 1. The van der Waals surface area contributed by atoms with E-state index in [0.717, 1.165) is 19.5 Å². The molecule has 30 heavy (non-hydrogen) atoms. The van der Waals surface area contributed by atoms with Crippen LogP contribution in [-0.4, -0.2) is 29.8 Å². The first-order valence-corrected chi connectivity index (χ1v) is 11.1. The number of amides is 2. The number of thiophene rings is 1. The minimum Gasteiger partial charge on any atom is -0.346 e. The molecule has 0 unspecified atom stereocenters. The number of anilines is 1. The van der Waals surface area contributed by atoms with E-state index in [4.69, 9.17) is 11.6 Å². The van der Waals surface area contributed by atoms with Crippen molar-refractivity contribution in [1.82, 2.24) is 10.2 Å². The van der Waals surface area contributed by atoms with Gasteiger partial charge in [-0.1, -0.05) is 54.1 Å². The van der Waals surface area contributed by atoms with Crippen molar-refractivity contribution in [3.63, 3.8) is 0 Å². The Morgan fingerprint density at radius 2 is 1.77 bits per heavy atom. The monoisotopic (exact) mass is 439 g/mol. The van der Waals surface area contributed by atoms with E-state index >= 15 is 0 Å². The average molecular weight is 440 g/mol. The van der Waals surface area contributed by atoms with Crippen molar-refractivity contribution in [3.05, 3.63) is 87.1 Å².